The van der Waals surface area contributed by atoms with E-state index in [4.69, 9.17) is 0 Å². The molecule has 1 aromatic carbocycles. The zero-order valence-electron chi connectivity index (χ0n) is 14.0. The predicted molar refractivity (Wildman–Crippen MR) is 87.3 cm³/mol. The second-order valence-electron chi connectivity index (χ2n) is 7.10. The Morgan fingerprint density at radius 3 is 2.33 bits per heavy atom. The summed E-state index contributed by atoms with van der Waals surface area (Å²) in [4.78, 5) is 1.95. The Balaban J connectivity index is 3.03. The molecule has 0 aromatic heterocycles. The van der Waals surface area contributed by atoms with Crippen LogP contribution in [0.25, 0.3) is 0 Å². The van der Waals surface area contributed by atoms with Crippen LogP contribution in [-0.4, -0.2) is 29.8 Å². The quantitative estimate of drug-likeness (QED) is 0.875. The lowest BCUT2D eigenvalue weighted by atomic mass is 10.0. The van der Waals surface area contributed by atoms with Crippen molar-refractivity contribution in [1.82, 2.24) is 5.32 Å². The zero-order valence-corrected chi connectivity index (χ0v) is 14.0. The van der Waals surface area contributed by atoms with Crippen LogP contribution >= 0.6 is 0 Å². The van der Waals surface area contributed by atoms with Crippen molar-refractivity contribution in [1.29, 1.82) is 5.26 Å². The second-order valence-corrected chi connectivity index (χ2v) is 7.10. The van der Waals surface area contributed by atoms with Crippen LogP contribution in [0.15, 0.2) is 18.2 Å². The highest BCUT2D eigenvalue weighted by Crippen LogP contribution is 2.26. The van der Waals surface area contributed by atoms with Gasteiger partial charge in [-0.15, -0.1) is 0 Å². The molecule has 0 fully saturated rings. The summed E-state index contributed by atoms with van der Waals surface area (Å²) >= 11 is 0. The molecule has 0 bridgehead atoms. The minimum Gasteiger partial charge on any atom is -0.394 e. The number of aliphatic hydroxyl groups is 1. The molecule has 1 rings (SSSR count). The van der Waals surface area contributed by atoms with Crippen molar-refractivity contribution in [3.8, 4) is 6.07 Å². The van der Waals surface area contributed by atoms with E-state index in [-0.39, 0.29) is 12.1 Å². The first-order chi connectivity index (χ1) is 9.60. The highest BCUT2D eigenvalue weighted by molar-refractivity contribution is 5.61. The van der Waals surface area contributed by atoms with Gasteiger partial charge in [-0.3, -0.25) is 0 Å². The van der Waals surface area contributed by atoms with Gasteiger partial charge in [-0.1, -0.05) is 6.07 Å². The zero-order chi connectivity index (χ0) is 16.3. The molecule has 0 spiro atoms. The predicted octanol–water partition coefficient (Wildman–Crippen LogP) is 2.65. The van der Waals surface area contributed by atoms with E-state index >= 15 is 0 Å². The normalized spacial score (nSPS) is 12.1. The second kappa shape index (κ2) is 6.46. The maximum absolute atomic E-state index is 9.48. The van der Waals surface area contributed by atoms with Crippen LogP contribution in [0.5, 0.6) is 0 Å². The number of benzene rings is 1. The lowest BCUT2D eigenvalue weighted by molar-refractivity contribution is 0.216. The molecule has 1 aromatic rings. The van der Waals surface area contributed by atoms with Gasteiger partial charge in [0.1, 0.15) is 6.07 Å². The summed E-state index contributed by atoms with van der Waals surface area (Å²) in [5, 5.41) is 22.3. The third-order valence-corrected chi connectivity index (χ3v) is 3.66. The molecule has 0 amide bonds. The smallest absolute Gasteiger partial charge is 0.101 e. The minimum absolute atomic E-state index is 0.0295. The fourth-order valence-electron chi connectivity index (χ4n) is 1.87. The molecule has 2 N–H and O–H groups in total. The fraction of sp³-hybridized carbons (Fsp3) is 0.588. The van der Waals surface area contributed by atoms with Gasteiger partial charge in [0.15, 0.2) is 0 Å². The van der Waals surface area contributed by atoms with Crippen molar-refractivity contribution >= 4 is 5.69 Å². The lowest BCUT2D eigenvalue weighted by Gasteiger charge is -2.36. The summed E-state index contributed by atoms with van der Waals surface area (Å²) in [6, 6.07) is 8.15. The van der Waals surface area contributed by atoms with Crippen LogP contribution in [0.3, 0.4) is 0 Å². The van der Waals surface area contributed by atoms with Gasteiger partial charge in [-0.25, -0.2) is 0 Å². The van der Waals surface area contributed by atoms with E-state index < -0.39 is 5.54 Å². The van der Waals surface area contributed by atoms with E-state index in [0.717, 1.165) is 17.8 Å². The number of nitrogens with zero attached hydrogens (tertiary/aromatic N) is 2. The number of aliphatic hydroxyl groups excluding tert-OH is 1. The van der Waals surface area contributed by atoms with Crippen molar-refractivity contribution in [2.75, 3.05) is 18.6 Å². The summed E-state index contributed by atoms with van der Waals surface area (Å²) in [6.45, 7) is 11.0. The monoisotopic (exact) mass is 289 g/mol. The number of nitriles is 1. The van der Waals surface area contributed by atoms with Crippen LogP contribution in [0.4, 0.5) is 5.69 Å². The van der Waals surface area contributed by atoms with Gasteiger partial charge < -0.3 is 15.3 Å². The summed E-state index contributed by atoms with van der Waals surface area (Å²) in [7, 11) is 1.90. The molecular weight excluding hydrogens is 262 g/mol. The molecule has 4 nitrogen and oxygen atoms in total. The number of likely N-dealkylation sites (N-methyl/N-ethyl adjacent to an activating group) is 1. The molecule has 0 aliphatic rings. The number of anilines is 1. The van der Waals surface area contributed by atoms with Gasteiger partial charge in [0.05, 0.1) is 23.4 Å². The van der Waals surface area contributed by atoms with Gasteiger partial charge in [-0.05, 0) is 52.3 Å². The minimum atomic E-state index is -0.406. The van der Waals surface area contributed by atoms with Crippen molar-refractivity contribution in [2.45, 2.75) is 52.2 Å². The van der Waals surface area contributed by atoms with Crippen molar-refractivity contribution < 1.29 is 5.11 Å². The van der Waals surface area contributed by atoms with E-state index in [1.807, 2.05) is 44.0 Å². The van der Waals surface area contributed by atoms with Gasteiger partial charge >= 0.3 is 0 Å². The van der Waals surface area contributed by atoms with E-state index in [9.17, 15) is 10.4 Å². The number of rotatable bonds is 5. The number of hydrogen-bond acceptors (Lipinski definition) is 4. The molecule has 4 heteroatoms. The topological polar surface area (TPSA) is 59.3 Å². The summed E-state index contributed by atoms with van der Waals surface area (Å²) in [5.74, 6) is 0. The fourth-order valence-corrected chi connectivity index (χ4v) is 1.87. The first-order valence-corrected chi connectivity index (χ1v) is 7.23. The van der Waals surface area contributed by atoms with Gasteiger partial charge in [0.25, 0.3) is 0 Å². The maximum Gasteiger partial charge on any atom is 0.101 e. The van der Waals surface area contributed by atoms with Crippen LogP contribution in [0, 0.1) is 11.3 Å². The molecule has 0 saturated carbocycles. The van der Waals surface area contributed by atoms with E-state index in [0.29, 0.717) is 5.56 Å². The molecule has 0 saturated heterocycles. The van der Waals surface area contributed by atoms with Crippen LogP contribution in [0.1, 0.15) is 45.7 Å². The average Bonchev–Trinajstić information content (AvgIpc) is 2.43. The SMILES string of the molecule is CN(c1ccc(CNC(C)(C)C)cc1C#N)C(C)(C)CO. The van der Waals surface area contributed by atoms with E-state index in [1.165, 1.54) is 0 Å². The summed E-state index contributed by atoms with van der Waals surface area (Å²) in [6.07, 6.45) is 0. The molecule has 0 radical (unpaired) electrons. The van der Waals surface area contributed by atoms with Crippen LogP contribution in [0.2, 0.25) is 0 Å². The van der Waals surface area contributed by atoms with E-state index in [2.05, 4.69) is 32.2 Å². The Morgan fingerprint density at radius 1 is 1.24 bits per heavy atom. The molecule has 21 heavy (non-hydrogen) atoms. The molecule has 0 atom stereocenters. The first kappa shape index (κ1) is 17.5. The van der Waals surface area contributed by atoms with Gasteiger partial charge in [-0.2, -0.15) is 5.26 Å². The Morgan fingerprint density at radius 2 is 1.86 bits per heavy atom. The van der Waals surface area contributed by atoms with Crippen LogP contribution < -0.4 is 10.2 Å². The largest absolute Gasteiger partial charge is 0.394 e. The third kappa shape index (κ3) is 4.73. The van der Waals surface area contributed by atoms with Gasteiger partial charge in [0.2, 0.25) is 0 Å². The van der Waals surface area contributed by atoms with Crippen molar-refractivity contribution in [2.24, 2.45) is 0 Å². The van der Waals surface area contributed by atoms with Crippen molar-refractivity contribution in [3.63, 3.8) is 0 Å². The van der Waals surface area contributed by atoms with Gasteiger partial charge in [0, 0.05) is 19.1 Å². The van der Waals surface area contributed by atoms with E-state index in [1.54, 1.807) is 0 Å². The Hall–Kier alpha value is -1.57. The third-order valence-electron chi connectivity index (χ3n) is 3.66. The first-order valence-electron chi connectivity index (χ1n) is 7.23. The number of hydrogen-bond donors (Lipinski definition) is 2. The van der Waals surface area contributed by atoms with Crippen LogP contribution in [-0.2, 0) is 6.54 Å². The number of nitrogens with one attached hydrogen (secondary N) is 1. The van der Waals surface area contributed by atoms with Crippen molar-refractivity contribution in [3.05, 3.63) is 29.3 Å². The average molecular weight is 289 g/mol. The molecule has 0 unspecified atom stereocenters. The maximum atomic E-state index is 9.48. The summed E-state index contributed by atoms with van der Waals surface area (Å²) in [5.41, 5.74) is 2.20. The molecule has 0 aliphatic heterocycles. The molecule has 116 valence electrons. The molecule has 0 aliphatic carbocycles. The Bertz CT molecular complexity index is 524. The summed E-state index contributed by atoms with van der Waals surface area (Å²) < 4.78 is 0. The molecular formula is C17H27N3O. The molecule has 0 heterocycles. The highest BCUT2D eigenvalue weighted by Gasteiger charge is 2.24. The Labute approximate surface area is 128 Å². The Kier molecular flexibility index (Phi) is 5.38. The lowest BCUT2D eigenvalue weighted by Crippen LogP contribution is -2.44. The standard InChI is InChI=1S/C17H27N3O/c1-16(2,3)19-11-13-7-8-15(14(9-13)10-18)20(6)17(4,5)12-21/h7-9,19,21H,11-12H2,1-6H3. The highest BCUT2D eigenvalue weighted by atomic mass is 16.3.